The molecule has 1 saturated heterocycles. The van der Waals surface area contributed by atoms with Gasteiger partial charge in [0.15, 0.2) is 5.60 Å². The van der Waals surface area contributed by atoms with Crippen molar-refractivity contribution in [1.29, 1.82) is 0 Å². The summed E-state index contributed by atoms with van der Waals surface area (Å²) in [5, 5.41) is 9.29. The van der Waals surface area contributed by atoms with Crippen LogP contribution in [0.2, 0.25) is 0 Å². The van der Waals surface area contributed by atoms with Crippen molar-refractivity contribution < 1.29 is 23.1 Å². The lowest BCUT2D eigenvalue weighted by atomic mass is 9.95. The van der Waals surface area contributed by atoms with Crippen LogP contribution in [0, 0.1) is 6.92 Å². The van der Waals surface area contributed by atoms with Gasteiger partial charge < -0.3 is 14.9 Å². The van der Waals surface area contributed by atoms with E-state index >= 15 is 0 Å². The van der Waals surface area contributed by atoms with Crippen LogP contribution in [0.5, 0.6) is 0 Å². The summed E-state index contributed by atoms with van der Waals surface area (Å²) in [6, 6.07) is 7.68. The molecule has 1 aromatic carbocycles. The molecule has 1 heterocycles. The number of halogens is 3. The Hall–Kier alpha value is -1.86. The predicted molar refractivity (Wildman–Crippen MR) is 133 cm³/mol. The standard InChI is InChI=1S/C12H20N2O.C10H11F3O.C3H6.C2H6/c15-9-14(11-3-4-11)12-5-7-13(8-6-12)10-1-2-10;1-7-3-5-8(6-4-7)9(2,14)10(11,12)13;1-3-2;1-2/h9-12H,1-8H2;3-6,14H,1-2H3;3H,1H2,2H3;1-2H3. The monoisotopic (exact) mass is 484 g/mol. The molecule has 2 aliphatic carbocycles. The average molecular weight is 485 g/mol. The molecule has 0 spiro atoms. The molecule has 1 amide bonds. The van der Waals surface area contributed by atoms with Crippen molar-refractivity contribution in [2.24, 2.45) is 0 Å². The molecular formula is C27H43F3N2O2. The van der Waals surface area contributed by atoms with Crippen molar-refractivity contribution in [3.8, 4) is 0 Å². The Kier molecular flexibility index (Phi) is 12.3. The maximum Gasteiger partial charge on any atom is 0.421 e. The first kappa shape index (κ1) is 30.2. The molecule has 1 N–H and O–H groups in total. The summed E-state index contributed by atoms with van der Waals surface area (Å²) in [6.45, 7) is 14.2. The van der Waals surface area contributed by atoms with E-state index in [1.807, 2.05) is 20.8 Å². The third-order valence-electron chi connectivity index (χ3n) is 6.24. The number of aryl methyl sites for hydroxylation is 1. The Labute approximate surface area is 203 Å². The van der Waals surface area contributed by atoms with Gasteiger partial charge in [0.05, 0.1) is 0 Å². The average Bonchev–Trinajstić information content (AvgIpc) is 3.71. The van der Waals surface area contributed by atoms with Crippen molar-refractivity contribution in [3.63, 3.8) is 0 Å². The fraction of sp³-hybridized carbons (Fsp3) is 0.667. The Morgan fingerprint density at radius 2 is 1.44 bits per heavy atom. The first-order valence-electron chi connectivity index (χ1n) is 12.4. The van der Waals surface area contributed by atoms with E-state index in [1.54, 1.807) is 13.0 Å². The van der Waals surface area contributed by atoms with E-state index in [1.165, 1.54) is 75.9 Å². The molecule has 0 aromatic heterocycles. The minimum atomic E-state index is -4.65. The predicted octanol–water partition coefficient (Wildman–Crippen LogP) is 6.22. The first-order valence-corrected chi connectivity index (χ1v) is 12.4. The van der Waals surface area contributed by atoms with Crippen LogP contribution in [-0.4, -0.2) is 58.7 Å². The van der Waals surface area contributed by atoms with Crippen molar-refractivity contribution in [1.82, 2.24) is 9.80 Å². The van der Waals surface area contributed by atoms with Crippen LogP contribution in [0.1, 0.15) is 77.3 Å². The summed E-state index contributed by atoms with van der Waals surface area (Å²) >= 11 is 0. The highest BCUT2D eigenvalue weighted by atomic mass is 19.4. The number of alkyl halides is 3. The van der Waals surface area contributed by atoms with Gasteiger partial charge in [0.2, 0.25) is 6.41 Å². The van der Waals surface area contributed by atoms with Gasteiger partial charge >= 0.3 is 6.18 Å². The van der Waals surface area contributed by atoms with Crippen molar-refractivity contribution >= 4 is 6.41 Å². The number of carbonyl (C=O) groups excluding carboxylic acids is 1. The Bertz CT molecular complexity index is 718. The summed E-state index contributed by atoms with van der Waals surface area (Å²) in [5.41, 5.74) is -2.07. The molecule has 4 rings (SSSR count). The second-order valence-electron chi connectivity index (χ2n) is 9.13. The van der Waals surface area contributed by atoms with Gasteiger partial charge in [0, 0.05) is 31.2 Å². The third kappa shape index (κ3) is 9.06. The normalized spacial score (nSPS) is 20.1. The quantitative estimate of drug-likeness (QED) is 0.399. The summed E-state index contributed by atoms with van der Waals surface area (Å²) < 4.78 is 37.1. The lowest BCUT2D eigenvalue weighted by molar-refractivity contribution is -0.258. The Morgan fingerprint density at radius 3 is 1.79 bits per heavy atom. The Balaban J connectivity index is 0.000000287. The molecule has 1 aromatic rings. The van der Waals surface area contributed by atoms with Gasteiger partial charge in [-0.05, 0) is 64.9 Å². The fourth-order valence-electron chi connectivity index (χ4n) is 3.87. The van der Waals surface area contributed by atoms with E-state index in [9.17, 15) is 23.1 Å². The lowest BCUT2D eigenvalue weighted by Crippen LogP contribution is -2.45. The number of nitrogens with zero attached hydrogens (tertiary/aromatic N) is 2. The molecule has 0 bridgehead atoms. The number of hydrogen-bond donors (Lipinski definition) is 1. The topological polar surface area (TPSA) is 43.8 Å². The van der Waals surface area contributed by atoms with Crippen molar-refractivity contribution in [2.45, 2.75) is 103 Å². The lowest BCUT2D eigenvalue weighted by Gasteiger charge is -2.37. The number of rotatable bonds is 5. The molecule has 1 aliphatic heterocycles. The van der Waals surface area contributed by atoms with E-state index in [2.05, 4.69) is 16.4 Å². The number of carbonyl (C=O) groups is 1. The maximum atomic E-state index is 12.4. The molecule has 7 heteroatoms. The SMILES string of the molecule is C=CC.CC.Cc1ccc(C(C)(O)C(F)(F)F)cc1.O=CN(C1CC1)C1CCN(C2CC2)CC1. The number of hydrogen-bond acceptors (Lipinski definition) is 3. The van der Waals surface area contributed by atoms with E-state index < -0.39 is 11.8 Å². The molecule has 2 saturated carbocycles. The van der Waals surface area contributed by atoms with E-state index in [0.29, 0.717) is 12.1 Å². The summed E-state index contributed by atoms with van der Waals surface area (Å²) in [4.78, 5) is 15.7. The number of amides is 1. The molecule has 4 nitrogen and oxygen atoms in total. The number of benzene rings is 1. The van der Waals surface area contributed by atoms with E-state index in [0.717, 1.165) is 24.9 Å². The minimum Gasteiger partial charge on any atom is -0.376 e. The first-order chi connectivity index (χ1) is 16.0. The molecule has 34 heavy (non-hydrogen) atoms. The highest BCUT2D eigenvalue weighted by molar-refractivity contribution is 5.49. The number of allylic oxidation sites excluding steroid dienone is 1. The summed E-state index contributed by atoms with van der Waals surface area (Å²) in [6.07, 6.45) is 5.88. The molecule has 0 radical (unpaired) electrons. The van der Waals surface area contributed by atoms with Crippen LogP contribution in [0.4, 0.5) is 13.2 Å². The largest absolute Gasteiger partial charge is 0.421 e. The van der Waals surface area contributed by atoms with Gasteiger partial charge in [-0.1, -0.05) is 49.8 Å². The van der Waals surface area contributed by atoms with Crippen LogP contribution in [-0.2, 0) is 10.4 Å². The second kappa shape index (κ2) is 13.9. The van der Waals surface area contributed by atoms with Gasteiger partial charge in [-0.15, -0.1) is 6.58 Å². The zero-order valence-electron chi connectivity index (χ0n) is 21.4. The molecule has 194 valence electrons. The van der Waals surface area contributed by atoms with Crippen molar-refractivity contribution in [2.75, 3.05) is 13.1 Å². The fourth-order valence-corrected chi connectivity index (χ4v) is 3.87. The zero-order chi connectivity index (χ0) is 25.9. The van der Waals surface area contributed by atoms with Gasteiger partial charge in [0.1, 0.15) is 0 Å². The van der Waals surface area contributed by atoms with E-state index in [4.69, 9.17) is 0 Å². The summed E-state index contributed by atoms with van der Waals surface area (Å²) in [5.74, 6) is 0. The Morgan fingerprint density at radius 1 is 1.00 bits per heavy atom. The number of piperidine rings is 1. The highest BCUT2D eigenvalue weighted by Gasteiger charge is 2.51. The minimum absolute atomic E-state index is 0.143. The van der Waals surface area contributed by atoms with E-state index in [-0.39, 0.29) is 5.56 Å². The van der Waals surface area contributed by atoms with Gasteiger partial charge in [0.25, 0.3) is 0 Å². The number of aliphatic hydroxyl groups is 1. The van der Waals surface area contributed by atoms with Crippen LogP contribution in [0.15, 0.2) is 36.9 Å². The molecular weight excluding hydrogens is 441 g/mol. The van der Waals surface area contributed by atoms with Gasteiger partial charge in [-0.3, -0.25) is 4.79 Å². The van der Waals surface area contributed by atoms with Gasteiger partial charge in [-0.2, -0.15) is 13.2 Å². The molecule has 3 fully saturated rings. The van der Waals surface area contributed by atoms with Crippen LogP contribution in [0.3, 0.4) is 0 Å². The molecule has 3 aliphatic rings. The summed E-state index contributed by atoms with van der Waals surface area (Å²) in [7, 11) is 0. The molecule has 1 atom stereocenters. The smallest absolute Gasteiger partial charge is 0.376 e. The van der Waals surface area contributed by atoms with Crippen molar-refractivity contribution in [3.05, 3.63) is 48.0 Å². The van der Waals surface area contributed by atoms with Crippen LogP contribution < -0.4 is 0 Å². The van der Waals surface area contributed by atoms with Gasteiger partial charge in [-0.25, -0.2) is 0 Å². The van der Waals surface area contributed by atoms with Crippen LogP contribution >= 0.6 is 0 Å². The second-order valence-corrected chi connectivity index (χ2v) is 9.13. The molecule has 1 unspecified atom stereocenters. The highest BCUT2D eigenvalue weighted by Crippen LogP contribution is 2.38. The maximum absolute atomic E-state index is 12.4. The zero-order valence-corrected chi connectivity index (χ0v) is 21.4. The van der Waals surface area contributed by atoms with Crippen LogP contribution in [0.25, 0.3) is 0 Å². The number of likely N-dealkylation sites (tertiary alicyclic amines) is 1. The third-order valence-corrected chi connectivity index (χ3v) is 6.24.